The molecule has 7 nitrogen and oxygen atoms in total. The maximum Gasteiger partial charge on any atom is 0.337 e. The number of carboxylic acid groups (broad SMARTS) is 1. The van der Waals surface area contributed by atoms with Gasteiger partial charge in [0, 0.05) is 19.0 Å². The van der Waals surface area contributed by atoms with E-state index < -0.39 is 5.97 Å². The first-order valence-corrected chi connectivity index (χ1v) is 6.08. The van der Waals surface area contributed by atoms with Gasteiger partial charge in [0.25, 0.3) is 0 Å². The van der Waals surface area contributed by atoms with Gasteiger partial charge in [0.15, 0.2) is 0 Å². The molecule has 0 spiro atoms. The summed E-state index contributed by atoms with van der Waals surface area (Å²) in [6, 6.07) is 1.38. The molecule has 1 aliphatic rings. The molecular weight excluding hydrogens is 248 g/mol. The van der Waals surface area contributed by atoms with Gasteiger partial charge in [0.1, 0.15) is 5.82 Å². The lowest BCUT2D eigenvalue weighted by molar-refractivity contribution is -0.122. The largest absolute Gasteiger partial charge is 0.478 e. The van der Waals surface area contributed by atoms with Crippen LogP contribution in [0.1, 0.15) is 23.2 Å². The first-order valence-electron chi connectivity index (χ1n) is 6.08. The highest BCUT2D eigenvalue weighted by molar-refractivity contribution is 5.94. The highest BCUT2D eigenvalue weighted by atomic mass is 16.4. The average Bonchev–Trinajstić information content (AvgIpc) is 3.20. The van der Waals surface area contributed by atoms with Crippen LogP contribution in [0.15, 0.2) is 12.3 Å². The van der Waals surface area contributed by atoms with Crippen LogP contribution in [0, 0.1) is 5.92 Å². The Morgan fingerprint density at radius 1 is 1.42 bits per heavy atom. The Bertz CT molecular complexity index is 500. The summed E-state index contributed by atoms with van der Waals surface area (Å²) in [5.41, 5.74) is 5.64. The summed E-state index contributed by atoms with van der Waals surface area (Å²) in [7, 11) is 0. The lowest BCUT2D eigenvalue weighted by Gasteiger charge is -2.08. The lowest BCUT2D eigenvalue weighted by atomic mass is 10.2. The fraction of sp³-hybridized carbons (Fsp3) is 0.417. The molecule has 0 saturated heterocycles. The Kier molecular flexibility index (Phi) is 3.84. The van der Waals surface area contributed by atoms with Gasteiger partial charge in [-0.25, -0.2) is 9.78 Å². The van der Waals surface area contributed by atoms with Gasteiger partial charge in [0.05, 0.1) is 17.4 Å². The zero-order valence-electron chi connectivity index (χ0n) is 10.3. The minimum atomic E-state index is -1.09. The lowest BCUT2D eigenvalue weighted by Crippen LogP contribution is -2.30. The van der Waals surface area contributed by atoms with Crippen molar-refractivity contribution in [3.05, 3.63) is 17.8 Å². The summed E-state index contributed by atoms with van der Waals surface area (Å²) in [4.78, 5) is 26.2. The van der Waals surface area contributed by atoms with Gasteiger partial charge in [0.2, 0.25) is 5.91 Å². The molecule has 1 heterocycles. The number of nitrogens with two attached hydrogens (primary N) is 1. The number of carboxylic acids is 1. The molecule has 5 N–H and O–H groups in total. The van der Waals surface area contributed by atoms with Gasteiger partial charge < -0.3 is 21.5 Å². The van der Waals surface area contributed by atoms with E-state index in [2.05, 4.69) is 15.6 Å². The van der Waals surface area contributed by atoms with Crippen molar-refractivity contribution in [1.82, 2.24) is 10.3 Å². The Hall–Kier alpha value is -2.31. The SMILES string of the molecule is Nc1cnc(NCCNC(=O)C2CC2)cc1C(=O)O. The third-order valence-corrected chi connectivity index (χ3v) is 2.84. The van der Waals surface area contributed by atoms with E-state index in [1.54, 1.807) is 0 Å². The van der Waals surface area contributed by atoms with E-state index in [0.717, 1.165) is 12.8 Å². The summed E-state index contributed by atoms with van der Waals surface area (Å²) >= 11 is 0. The maximum absolute atomic E-state index is 11.4. The molecule has 0 bridgehead atoms. The number of carbonyl (C=O) groups excluding carboxylic acids is 1. The number of nitrogens with zero attached hydrogens (tertiary/aromatic N) is 1. The van der Waals surface area contributed by atoms with E-state index >= 15 is 0 Å². The summed E-state index contributed by atoms with van der Waals surface area (Å²) in [5.74, 6) is -0.399. The van der Waals surface area contributed by atoms with E-state index in [1.165, 1.54) is 12.3 Å². The number of carbonyl (C=O) groups is 2. The summed E-state index contributed by atoms with van der Waals surface area (Å²) in [5, 5.41) is 14.6. The van der Waals surface area contributed by atoms with Crippen LogP contribution < -0.4 is 16.4 Å². The number of nitrogen functional groups attached to an aromatic ring is 1. The fourth-order valence-corrected chi connectivity index (χ4v) is 1.61. The van der Waals surface area contributed by atoms with Gasteiger partial charge >= 0.3 is 5.97 Å². The summed E-state index contributed by atoms with van der Waals surface area (Å²) < 4.78 is 0. The fourth-order valence-electron chi connectivity index (χ4n) is 1.61. The quantitative estimate of drug-likeness (QED) is 0.549. The monoisotopic (exact) mass is 264 g/mol. The first kappa shape index (κ1) is 13.1. The molecule has 19 heavy (non-hydrogen) atoms. The third kappa shape index (κ3) is 3.57. The Morgan fingerprint density at radius 3 is 2.79 bits per heavy atom. The average molecular weight is 264 g/mol. The Morgan fingerprint density at radius 2 is 2.16 bits per heavy atom. The van der Waals surface area contributed by atoms with Crippen LogP contribution in [0.3, 0.4) is 0 Å². The molecule has 0 aromatic carbocycles. The normalized spacial score (nSPS) is 13.9. The third-order valence-electron chi connectivity index (χ3n) is 2.84. The number of hydrogen-bond acceptors (Lipinski definition) is 5. The molecule has 1 aliphatic carbocycles. The summed E-state index contributed by atoms with van der Waals surface area (Å²) in [6.07, 6.45) is 3.25. The predicted molar refractivity (Wildman–Crippen MR) is 69.8 cm³/mol. The highest BCUT2D eigenvalue weighted by Crippen LogP contribution is 2.28. The number of amides is 1. The van der Waals surface area contributed by atoms with Crippen molar-refractivity contribution < 1.29 is 14.7 Å². The highest BCUT2D eigenvalue weighted by Gasteiger charge is 2.28. The second kappa shape index (κ2) is 5.55. The minimum absolute atomic E-state index is 0.0134. The number of anilines is 2. The van der Waals surface area contributed by atoms with Crippen molar-refractivity contribution in [2.45, 2.75) is 12.8 Å². The van der Waals surface area contributed by atoms with E-state index in [1.807, 2.05) is 0 Å². The molecule has 0 radical (unpaired) electrons. The number of pyridine rings is 1. The zero-order chi connectivity index (χ0) is 13.8. The molecule has 102 valence electrons. The number of nitrogens with one attached hydrogen (secondary N) is 2. The number of hydrogen-bond donors (Lipinski definition) is 4. The van der Waals surface area contributed by atoms with E-state index in [4.69, 9.17) is 10.8 Å². The first-order chi connectivity index (χ1) is 9.08. The Balaban J connectivity index is 1.80. The second-order valence-corrected chi connectivity index (χ2v) is 4.45. The standard InChI is InChI=1S/C12H16N4O3/c13-9-6-16-10(5-8(9)12(18)19)14-3-4-15-11(17)7-1-2-7/h5-7H,1-4,13H2,(H,14,16)(H,15,17)(H,18,19). The van der Waals surface area contributed by atoms with Crippen molar-refractivity contribution in [3.63, 3.8) is 0 Å². The smallest absolute Gasteiger partial charge is 0.337 e. The molecule has 1 saturated carbocycles. The Labute approximate surface area is 110 Å². The van der Waals surface area contributed by atoms with Crippen LogP contribution in [0.2, 0.25) is 0 Å². The van der Waals surface area contributed by atoms with Crippen LogP contribution in [-0.2, 0) is 4.79 Å². The summed E-state index contributed by atoms with van der Waals surface area (Å²) in [6.45, 7) is 0.957. The van der Waals surface area contributed by atoms with Gasteiger partial charge in [-0.3, -0.25) is 4.79 Å². The van der Waals surface area contributed by atoms with Gasteiger partial charge in [-0.05, 0) is 18.9 Å². The van der Waals surface area contributed by atoms with Crippen molar-refractivity contribution in [3.8, 4) is 0 Å². The number of rotatable bonds is 6. The molecule has 2 rings (SSSR count). The molecule has 1 aromatic rings. The second-order valence-electron chi connectivity index (χ2n) is 4.45. The molecule has 0 unspecified atom stereocenters. The van der Waals surface area contributed by atoms with Crippen molar-refractivity contribution >= 4 is 23.4 Å². The molecule has 7 heteroatoms. The zero-order valence-corrected chi connectivity index (χ0v) is 10.3. The van der Waals surface area contributed by atoms with Crippen LogP contribution in [0.25, 0.3) is 0 Å². The van der Waals surface area contributed by atoms with E-state index in [9.17, 15) is 9.59 Å². The molecule has 1 fully saturated rings. The van der Waals surface area contributed by atoms with Crippen LogP contribution >= 0.6 is 0 Å². The van der Waals surface area contributed by atoms with E-state index in [-0.39, 0.29) is 23.1 Å². The van der Waals surface area contributed by atoms with E-state index in [0.29, 0.717) is 18.9 Å². The maximum atomic E-state index is 11.4. The van der Waals surface area contributed by atoms with Gasteiger partial charge in [-0.2, -0.15) is 0 Å². The molecule has 1 aromatic heterocycles. The van der Waals surface area contributed by atoms with Gasteiger partial charge in [-0.15, -0.1) is 0 Å². The van der Waals surface area contributed by atoms with Crippen LogP contribution in [0.5, 0.6) is 0 Å². The van der Waals surface area contributed by atoms with Crippen LogP contribution in [0.4, 0.5) is 11.5 Å². The minimum Gasteiger partial charge on any atom is -0.478 e. The topological polar surface area (TPSA) is 117 Å². The van der Waals surface area contributed by atoms with Gasteiger partial charge in [-0.1, -0.05) is 0 Å². The predicted octanol–water partition coefficient (Wildman–Crippen LogP) is 0.300. The molecular formula is C12H16N4O3. The number of aromatic carboxylic acids is 1. The van der Waals surface area contributed by atoms with Crippen molar-refractivity contribution in [1.29, 1.82) is 0 Å². The molecule has 0 aliphatic heterocycles. The molecule has 1 amide bonds. The molecule has 0 atom stereocenters. The number of aromatic nitrogens is 1. The van der Waals surface area contributed by atoms with Crippen molar-refractivity contribution in [2.75, 3.05) is 24.1 Å². The van der Waals surface area contributed by atoms with Crippen molar-refractivity contribution in [2.24, 2.45) is 5.92 Å². The van der Waals surface area contributed by atoms with Crippen LogP contribution in [-0.4, -0.2) is 35.1 Å².